The van der Waals surface area contributed by atoms with E-state index in [-0.39, 0.29) is 12.1 Å². The largest absolute Gasteiger partial charge is 0.461 e. The molecule has 2 unspecified atom stereocenters. The number of carbonyl (C=O) groups excluding carboxylic acids is 1. The molecule has 0 spiro atoms. The molecule has 3 atom stereocenters. The van der Waals surface area contributed by atoms with Crippen LogP contribution in [0.25, 0.3) is 0 Å². The number of carbonyl (C=O) groups is 1. The summed E-state index contributed by atoms with van der Waals surface area (Å²) in [5, 5.41) is 0. The first-order valence-electron chi connectivity index (χ1n) is 6.72. The summed E-state index contributed by atoms with van der Waals surface area (Å²) in [5.41, 5.74) is 6.18. The van der Waals surface area contributed by atoms with Crippen LogP contribution in [0.4, 0.5) is 0 Å². The molecule has 0 aliphatic heterocycles. The van der Waals surface area contributed by atoms with Crippen molar-refractivity contribution in [1.82, 2.24) is 0 Å². The molecule has 3 heteroatoms. The van der Waals surface area contributed by atoms with Gasteiger partial charge < -0.3 is 10.5 Å². The van der Waals surface area contributed by atoms with Crippen molar-refractivity contribution in [3.63, 3.8) is 0 Å². The maximum atomic E-state index is 10.9. The lowest BCUT2D eigenvalue weighted by Crippen LogP contribution is -2.27. The Bertz CT molecular complexity index is 263. The molecule has 0 bridgehead atoms. The first-order chi connectivity index (χ1) is 7.85. The Morgan fingerprint density at radius 3 is 2.53 bits per heavy atom. The second-order valence-corrected chi connectivity index (χ2v) is 6.27. The normalized spacial score (nSPS) is 25.1. The Balaban J connectivity index is 2.19. The highest BCUT2D eigenvalue weighted by atomic mass is 16.5. The molecule has 3 nitrogen and oxygen atoms in total. The molecule has 1 aliphatic rings. The molecule has 1 rings (SSSR count). The van der Waals surface area contributed by atoms with E-state index in [4.69, 9.17) is 10.5 Å². The Labute approximate surface area is 105 Å². The van der Waals surface area contributed by atoms with Crippen LogP contribution in [0.1, 0.15) is 53.4 Å². The molecule has 0 aromatic carbocycles. The van der Waals surface area contributed by atoms with E-state index < -0.39 is 0 Å². The highest BCUT2D eigenvalue weighted by molar-refractivity contribution is 5.66. The van der Waals surface area contributed by atoms with Gasteiger partial charge in [-0.25, -0.2) is 0 Å². The molecule has 0 saturated heterocycles. The summed E-state index contributed by atoms with van der Waals surface area (Å²) in [5.74, 6) is 1.25. The quantitative estimate of drug-likeness (QED) is 0.697. The van der Waals surface area contributed by atoms with Crippen molar-refractivity contribution < 1.29 is 9.53 Å². The lowest BCUT2D eigenvalue weighted by Gasteiger charge is -2.19. The third kappa shape index (κ3) is 5.07. The Morgan fingerprint density at radius 1 is 1.53 bits per heavy atom. The lowest BCUT2D eigenvalue weighted by atomic mass is 9.95. The summed E-state index contributed by atoms with van der Waals surface area (Å²) in [7, 11) is 0. The second-order valence-electron chi connectivity index (χ2n) is 6.27. The zero-order valence-electron chi connectivity index (χ0n) is 11.7. The van der Waals surface area contributed by atoms with E-state index in [0.29, 0.717) is 17.9 Å². The first kappa shape index (κ1) is 14.5. The molecule has 1 saturated carbocycles. The van der Waals surface area contributed by atoms with Gasteiger partial charge in [0.05, 0.1) is 0 Å². The highest BCUT2D eigenvalue weighted by Gasteiger charge is 2.44. The number of hydrogen-bond donors (Lipinski definition) is 1. The summed E-state index contributed by atoms with van der Waals surface area (Å²) in [6.07, 6.45) is 4.67. The van der Waals surface area contributed by atoms with Gasteiger partial charge in [-0.3, -0.25) is 4.79 Å². The fraction of sp³-hybridized carbons (Fsp3) is 0.929. The molecule has 0 aromatic rings. The van der Waals surface area contributed by atoms with E-state index in [1.807, 2.05) is 0 Å². The lowest BCUT2D eigenvalue weighted by molar-refractivity contribution is -0.146. The molecule has 17 heavy (non-hydrogen) atoms. The minimum Gasteiger partial charge on any atom is -0.461 e. The van der Waals surface area contributed by atoms with Gasteiger partial charge in [0.25, 0.3) is 0 Å². The summed E-state index contributed by atoms with van der Waals surface area (Å²) in [6, 6.07) is 0. The van der Waals surface area contributed by atoms with Gasteiger partial charge in [-0.2, -0.15) is 0 Å². The Kier molecular flexibility index (Phi) is 4.99. The van der Waals surface area contributed by atoms with Crippen LogP contribution in [0.2, 0.25) is 0 Å². The van der Waals surface area contributed by atoms with Crippen molar-refractivity contribution in [3.8, 4) is 0 Å². The SMILES string of the molecule is CC(=O)OC(CN)CC(C)CC[C@@H]1CC1(C)C. The van der Waals surface area contributed by atoms with Crippen molar-refractivity contribution >= 4 is 5.97 Å². The van der Waals surface area contributed by atoms with Crippen LogP contribution in [0.3, 0.4) is 0 Å². The zero-order chi connectivity index (χ0) is 13.1. The Hall–Kier alpha value is -0.570. The molecule has 2 N–H and O–H groups in total. The van der Waals surface area contributed by atoms with Gasteiger partial charge in [-0.1, -0.05) is 27.2 Å². The monoisotopic (exact) mass is 241 g/mol. The van der Waals surface area contributed by atoms with Gasteiger partial charge in [-0.05, 0) is 36.5 Å². The fourth-order valence-electron chi connectivity index (χ4n) is 2.55. The molecule has 100 valence electrons. The van der Waals surface area contributed by atoms with Crippen molar-refractivity contribution in [1.29, 1.82) is 0 Å². The topological polar surface area (TPSA) is 52.3 Å². The predicted molar refractivity (Wildman–Crippen MR) is 69.5 cm³/mol. The van der Waals surface area contributed by atoms with Crippen LogP contribution in [-0.4, -0.2) is 18.6 Å². The second kappa shape index (κ2) is 5.85. The number of nitrogens with two attached hydrogens (primary N) is 1. The molecule has 0 amide bonds. The smallest absolute Gasteiger partial charge is 0.302 e. The van der Waals surface area contributed by atoms with E-state index >= 15 is 0 Å². The molecule has 0 radical (unpaired) electrons. The average Bonchev–Trinajstić information content (AvgIpc) is 2.82. The van der Waals surface area contributed by atoms with Crippen molar-refractivity contribution in [2.75, 3.05) is 6.54 Å². The molecular formula is C14H27NO2. The van der Waals surface area contributed by atoms with Gasteiger partial charge in [-0.15, -0.1) is 0 Å². The molecular weight excluding hydrogens is 214 g/mol. The molecule has 0 aromatic heterocycles. The standard InChI is InChI=1S/C14H27NO2/c1-10(5-6-12-8-14(12,3)4)7-13(9-15)17-11(2)16/h10,12-13H,5-9,15H2,1-4H3/t10?,12-,13?/m1/s1. The van der Waals surface area contributed by atoms with E-state index in [9.17, 15) is 4.79 Å². The minimum atomic E-state index is -0.226. The average molecular weight is 241 g/mol. The maximum absolute atomic E-state index is 10.9. The van der Waals surface area contributed by atoms with Crippen molar-refractivity contribution in [2.45, 2.75) is 59.5 Å². The van der Waals surface area contributed by atoms with Gasteiger partial charge in [0.15, 0.2) is 0 Å². The molecule has 1 fully saturated rings. The van der Waals surface area contributed by atoms with Crippen LogP contribution in [-0.2, 0) is 9.53 Å². The van der Waals surface area contributed by atoms with E-state index in [1.165, 1.54) is 26.2 Å². The molecule has 0 heterocycles. The number of esters is 1. The van der Waals surface area contributed by atoms with Gasteiger partial charge in [0.1, 0.15) is 6.10 Å². The zero-order valence-corrected chi connectivity index (χ0v) is 11.7. The highest BCUT2D eigenvalue weighted by Crippen LogP contribution is 2.54. The number of rotatable bonds is 7. The molecule has 1 aliphatic carbocycles. The Morgan fingerprint density at radius 2 is 2.12 bits per heavy atom. The van der Waals surface area contributed by atoms with Crippen LogP contribution in [0, 0.1) is 17.3 Å². The van der Waals surface area contributed by atoms with E-state index in [2.05, 4.69) is 20.8 Å². The van der Waals surface area contributed by atoms with Gasteiger partial charge >= 0.3 is 5.97 Å². The van der Waals surface area contributed by atoms with Crippen LogP contribution in [0.15, 0.2) is 0 Å². The summed E-state index contributed by atoms with van der Waals surface area (Å²) in [4.78, 5) is 10.9. The summed E-state index contributed by atoms with van der Waals surface area (Å²) >= 11 is 0. The van der Waals surface area contributed by atoms with E-state index in [1.54, 1.807) is 0 Å². The number of ether oxygens (including phenoxy) is 1. The third-order valence-electron chi connectivity index (χ3n) is 3.99. The maximum Gasteiger partial charge on any atom is 0.302 e. The summed E-state index contributed by atoms with van der Waals surface area (Å²) in [6.45, 7) is 8.77. The van der Waals surface area contributed by atoms with Crippen LogP contribution in [0.5, 0.6) is 0 Å². The first-order valence-corrected chi connectivity index (χ1v) is 6.72. The minimum absolute atomic E-state index is 0.102. The van der Waals surface area contributed by atoms with Crippen molar-refractivity contribution in [2.24, 2.45) is 23.0 Å². The van der Waals surface area contributed by atoms with Crippen LogP contribution >= 0.6 is 0 Å². The predicted octanol–water partition coefficient (Wildman–Crippen LogP) is 2.73. The fourth-order valence-corrected chi connectivity index (χ4v) is 2.55. The van der Waals surface area contributed by atoms with Crippen LogP contribution < -0.4 is 5.73 Å². The number of hydrogen-bond acceptors (Lipinski definition) is 3. The summed E-state index contributed by atoms with van der Waals surface area (Å²) < 4.78 is 5.17. The van der Waals surface area contributed by atoms with Gasteiger partial charge in [0.2, 0.25) is 0 Å². The van der Waals surface area contributed by atoms with Crippen molar-refractivity contribution in [3.05, 3.63) is 0 Å². The van der Waals surface area contributed by atoms with Gasteiger partial charge in [0, 0.05) is 13.5 Å². The van der Waals surface area contributed by atoms with E-state index in [0.717, 1.165) is 12.3 Å². The third-order valence-corrected chi connectivity index (χ3v) is 3.99.